The Morgan fingerprint density at radius 3 is 2.50 bits per heavy atom. The zero-order valence-corrected chi connectivity index (χ0v) is 20.8. The Balaban J connectivity index is 1.50. The minimum atomic E-state index is -0.0194. The van der Waals surface area contributed by atoms with Gasteiger partial charge < -0.3 is 14.5 Å². The third-order valence-electron chi connectivity index (χ3n) is 6.32. The lowest BCUT2D eigenvalue weighted by atomic mass is 9.86. The molecule has 5 nitrogen and oxygen atoms in total. The van der Waals surface area contributed by atoms with Gasteiger partial charge in [0, 0.05) is 36.8 Å². The van der Waals surface area contributed by atoms with Gasteiger partial charge in [0.05, 0.1) is 17.1 Å². The third-order valence-corrected chi connectivity index (χ3v) is 6.32. The number of hydrogen-bond donors (Lipinski definition) is 0. The van der Waals surface area contributed by atoms with E-state index < -0.39 is 0 Å². The molecule has 34 heavy (non-hydrogen) atoms. The van der Waals surface area contributed by atoms with Crippen LogP contribution in [0.1, 0.15) is 43.3 Å². The second-order valence-corrected chi connectivity index (χ2v) is 10.2. The van der Waals surface area contributed by atoms with E-state index in [1.54, 1.807) is 0 Å². The molecule has 0 amide bonds. The number of aromatic nitrogens is 2. The molecule has 0 fully saturated rings. The average molecular weight is 453 g/mol. The number of benzene rings is 2. The molecule has 3 heterocycles. The van der Waals surface area contributed by atoms with Crippen molar-refractivity contribution >= 4 is 5.70 Å². The smallest absolute Gasteiger partial charge is 0.129 e. The van der Waals surface area contributed by atoms with Crippen LogP contribution in [0, 0.1) is 13.8 Å². The molecule has 2 aliphatic heterocycles. The number of aryl methyl sites for hydroxylation is 2. The van der Waals surface area contributed by atoms with Crippen LogP contribution in [0.15, 0.2) is 79.2 Å². The van der Waals surface area contributed by atoms with Gasteiger partial charge in [-0.1, -0.05) is 39.0 Å². The minimum Gasteiger partial charge on any atom is -0.457 e. The summed E-state index contributed by atoms with van der Waals surface area (Å²) >= 11 is 0. The van der Waals surface area contributed by atoms with Gasteiger partial charge in [0.25, 0.3) is 0 Å². The molecule has 1 aromatic heterocycles. The van der Waals surface area contributed by atoms with Gasteiger partial charge >= 0.3 is 0 Å². The molecule has 3 aromatic rings. The van der Waals surface area contributed by atoms with Gasteiger partial charge in [0.2, 0.25) is 0 Å². The van der Waals surface area contributed by atoms with Crippen LogP contribution in [0.2, 0.25) is 0 Å². The Kier molecular flexibility index (Phi) is 5.35. The van der Waals surface area contributed by atoms with Gasteiger partial charge in [0.15, 0.2) is 0 Å². The number of rotatable bonds is 4. The van der Waals surface area contributed by atoms with E-state index in [0.717, 1.165) is 39.8 Å². The largest absolute Gasteiger partial charge is 0.457 e. The van der Waals surface area contributed by atoms with E-state index in [2.05, 4.69) is 118 Å². The predicted octanol–water partition coefficient (Wildman–Crippen LogP) is 6.53. The standard InChI is InChI=1S/C29H32N4O/c1-20-14-21(2)33(30-20)24-16-23(29(3,4)5)17-26(18-24)34-25-11-9-10-22(15-25)27-19-31(6)28-12-7-8-13-32(27)28/h7-19,28H,1-6H3. The number of ether oxygens (including phenoxy) is 1. The first-order chi connectivity index (χ1) is 16.2. The second-order valence-electron chi connectivity index (χ2n) is 10.2. The van der Waals surface area contributed by atoms with Gasteiger partial charge in [-0.05, 0) is 67.3 Å². The Bertz CT molecular complexity index is 1320. The van der Waals surface area contributed by atoms with Crippen molar-refractivity contribution in [1.82, 2.24) is 19.6 Å². The van der Waals surface area contributed by atoms with E-state index in [4.69, 9.17) is 9.84 Å². The molecule has 0 N–H and O–H groups in total. The highest BCUT2D eigenvalue weighted by Crippen LogP contribution is 2.36. The van der Waals surface area contributed by atoms with Crippen LogP contribution in [-0.2, 0) is 5.41 Å². The SMILES string of the molecule is Cc1cc(C)n(-c2cc(Oc3cccc(C4=CN(C)C5C=CC=CN45)c3)cc(C(C)(C)C)c2)n1. The summed E-state index contributed by atoms with van der Waals surface area (Å²) in [7, 11) is 2.10. The third kappa shape index (κ3) is 4.14. The van der Waals surface area contributed by atoms with Crippen LogP contribution in [-0.4, -0.2) is 32.8 Å². The van der Waals surface area contributed by atoms with E-state index >= 15 is 0 Å². The summed E-state index contributed by atoms with van der Waals surface area (Å²) in [6, 6.07) is 16.8. The fourth-order valence-electron chi connectivity index (χ4n) is 4.54. The molecule has 2 aliphatic rings. The number of allylic oxidation sites excluding steroid dienone is 2. The van der Waals surface area contributed by atoms with E-state index in [1.165, 1.54) is 5.56 Å². The van der Waals surface area contributed by atoms with Crippen LogP contribution in [0.25, 0.3) is 11.4 Å². The molecule has 0 saturated carbocycles. The Morgan fingerprint density at radius 2 is 1.76 bits per heavy atom. The van der Waals surface area contributed by atoms with E-state index in [9.17, 15) is 0 Å². The summed E-state index contributed by atoms with van der Waals surface area (Å²) in [5, 5.41) is 4.70. The zero-order chi connectivity index (χ0) is 24.0. The maximum absolute atomic E-state index is 6.45. The maximum atomic E-state index is 6.45. The lowest BCUT2D eigenvalue weighted by Gasteiger charge is -2.29. The Hall–Kier alpha value is -3.73. The molecule has 0 saturated heterocycles. The summed E-state index contributed by atoms with van der Waals surface area (Å²) in [5.74, 6) is 1.62. The number of nitrogens with zero attached hydrogens (tertiary/aromatic N) is 4. The van der Waals surface area contributed by atoms with E-state index in [-0.39, 0.29) is 11.6 Å². The van der Waals surface area contributed by atoms with Crippen LogP contribution in [0.5, 0.6) is 11.5 Å². The fourth-order valence-corrected chi connectivity index (χ4v) is 4.54. The van der Waals surface area contributed by atoms with Crippen LogP contribution in [0.4, 0.5) is 0 Å². The molecular weight excluding hydrogens is 420 g/mol. The normalized spacial score (nSPS) is 17.2. The zero-order valence-electron chi connectivity index (χ0n) is 20.8. The van der Waals surface area contributed by atoms with Gasteiger partial charge in [0.1, 0.15) is 17.7 Å². The van der Waals surface area contributed by atoms with Crippen molar-refractivity contribution in [2.75, 3.05) is 7.05 Å². The summed E-state index contributed by atoms with van der Waals surface area (Å²) in [6.07, 6.45) is 10.9. The van der Waals surface area contributed by atoms with Crippen molar-refractivity contribution in [3.8, 4) is 17.2 Å². The number of likely N-dealkylation sites (N-methyl/N-ethyl adjacent to an activating group) is 1. The molecule has 5 heteroatoms. The molecule has 1 atom stereocenters. The monoisotopic (exact) mass is 452 g/mol. The molecular formula is C29H32N4O. The Labute approximate surface area is 202 Å². The van der Waals surface area contributed by atoms with Crippen molar-refractivity contribution in [1.29, 1.82) is 0 Å². The van der Waals surface area contributed by atoms with E-state index in [1.807, 2.05) is 17.7 Å². The molecule has 1 unspecified atom stereocenters. The Morgan fingerprint density at radius 1 is 0.941 bits per heavy atom. The second kappa shape index (κ2) is 8.24. The molecule has 5 rings (SSSR count). The van der Waals surface area contributed by atoms with Crippen molar-refractivity contribution in [3.63, 3.8) is 0 Å². The first-order valence-corrected chi connectivity index (χ1v) is 11.7. The predicted molar refractivity (Wildman–Crippen MR) is 138 cm³/mol. The summed E-state index contributed by atoms with van der Waals surface area (Å²) in [6.45, 7) is 10.8. The molecule has 174 valence electrons. The van der Waals surface area contributed by atoms with Crippen LogP contribution >= 0.6 is 0 Å². The molecule has 0 bridgehead atoms. The summed E-state index contributed by atoms with van der Waals surface area (Å²) < 4.78 is 8.44. The van der Waals surface area contributed by atoms with Crippen LogP contribution in [0.3, 0.4) is 0 Å². The van der Waals surface area contributed by atoms with Gasteiger partial charge in [-0.2, -0.15) is 5.10 Å². The molecule has 2 aromatic carbocycles. The minimum absolute atomic E-state index is 0.0194. The highest BCUT2D eigenvalue weighted by Gasteiger charge is 2.28. The van der Waals surface area contributed by atoms with Crippen molar-refractivity contribution in [3.05, 3.63) is 102 Å². The number of hydrogen-bond acceptors (Lipinski definition) is 4. The van der Waals surface area contributed by atoms with Gasteiger partial charge in [-0.25, -0.2) is 4.68 Å². The van der Waals surface area contributed by atoms with Crippen LogP contribution < -0.4 is 4.74 Å². The summed E-state index contributed by atoms with van der Waals surface area (Å²) in [4.78, 5) is 4.50. The maximum Gasteiger partial charge on any atom is 0.129 e. The van der Waals surface area contributed by atoms with Gasteiger partial charge in [-0.3, -0.25) is 0 Å². The first kappa shape index (κ1) is 22.1. The highest BCUT2D eigenvalue weighted by atomic mass is 16.5. The number of fused-ring (bicyclic) bond motifs is 1. The molecule has 0 radical (unpaired) electrons. The van der Waals surface area contributed by atoms with Crippen molar-refractivity contribution < 1.29 is 4.74 Å². The molecule has 0 aliphatic carbocycles. The van der Waals surface area contributed by atoms with E-state index in [0.29, 0.717) is 0 Å². The summed E-state index contributed by atoms with van der Waals surface area (Å²) in [5.41, 5.74) is 6.58. The quantitative estimate of drug-likeness (QED) is 0.450. The molecule has 0 spiro atoms. The van der Waals surface area contributed by atoms with Gasteiger partial charge in [-0.15, -0.1) is 0 Å². The topological polar surface area (TPSA) is 33.5 Å². The van der Waals surface area contributed by atoms with Crippen molar-refractivity contribution in [2.24, 2.45) is 0 Å². The lowest BCUT2D eigenvalue weighted by Crippen LogP contribution is -2.33. The average Bonchev–Trinajstić information content (AvgIpc) is 3.32. The van der Waals surface area contributed by atoms with Crippen molar-refractivity contribution in [2.45, 2.75) is 46.2 Å². The lowest BCUT2D eigenvalue weighted by molar-refractivity contribution is 0.282. The highest BCUT2D eigenvalue weighted by molar-refractivity contribution is 5.69. The first-order valence-electron chi connectivity index (χ1n) is 11.7. The fraction of sp³-hybridized carbons (Fsp3) is 0.276.